The van der Waals surface area contributed by atoms with Gasteiger partial charge in [-0.3, -0.25) is 0 Å². The Hall–Kier alpha value is -2.55. The summed E-state index contributed by atoms with van der Waals surface area (Å²) in [5.74, 6) is 0.772. The molecule has 3 nitrogen and oxygen atoms in total. The normalized spacial score (nSPS) is 12.3. The van der Waals surface area contributed by atoms with Gasteiger partial charge in [-0.25, -0.2) is 4.74 Å². The lowest BCUT2D eigenvalue weighted by atomic mass is 10.1. The zero-order valence-corrected chi connectivity index (χ0v) is 11.6. The SMILES string of the molecule is COc1ccc(C(/C=C/c2ccccc2)=[N+](\C)[O-])cc1. The third kappa shape index (κ3) is 3.48. The number of methoxy groups -OCH3 is 1. The van der Waals surface area contributed by atoms with Crippen LogP contribution in [0.1, 0.15) is 11.1 Å². The van der Waals surface area contributed by atoms with Crippen molar-refractivity contribution >= 4 is 11.8 Å². The summed E-state index contributed by atoms with van der Waals surface area (Å²) in [4.78, 5) is 0. The molecule has 0 fully saturated rings. The van der Waals surface area contributed by atoms with Gasteiger partial charge in [0.1, 0.15) is 12.8 Å². The maximum absolute atomic E-state index is 11.7. The third-order valence-corrected chi connectivity index (χ3v) is 2.96. The molecule has 0 aromatic heterocycles. The smallest absolute Gasteiger partial charge is 0.218 e. The number of ether oxygens (including phenoxy) is 1. The summed E-state index contributed by atoms with van der Waals surface area (Å²) in [7, 11) is 3.11. The third-order valence-electron chi connectivity index (χ3n) is 2.96. The van der Waals surface area contributed by atoms with Gasteiger partial charge in [-0.1, -0.05) is 30.3 Å². The topological polar surface area (TPSA) is 35.3 Å². The average Bonchev–Trinajstić information content (AvgIpc) is 2.49. The predicted octanol–water partition coefficient (Wildman–Crippen LogP) is 3.34. The first-order valence-electron chi connectivity index (χ1n) is 6.36. The zero-order valence-electron chi connectivity index (χ0n) is 11.6. The number of rotatable bonds is 4. The van der Waals surface area contributed by atoms with E-state index in [1.807, 2.05) is 66.7 Å². The summed E-state index contributed by atoms with van der Waals surface area (Å²) >= 11 is 0. The van der Waals surface area contributed by atoms with Crippen molar-refractivity contribution < 1.29 is 9.48 Å². The number of hydrogen-bond donors (Lipinski definition) is 0. The molecular weight excluding hydrogens is 250 g/mol. The van der Waals surface area contributed by atoms with E-state index < -0.39 is 0 Å². The number of hydroxylamine groups is 1. The Morgan fingerprint density at radius 1 is 1.05 bits per heavy atom. The van der Waals surface area contributed by atoms with E-state index in [0.29, 0.717) is 5.71 Å². The lowest BCUT2D eigenvalue weighted by Crippen LogP contribution is -2.10. The van der Waals surface area contributed by atoms with Crippen LogP contribution in [0.4, 0.5) is 0 Å². The van der Waals surface area contributed by atoms with Gasteiger partial charge in [-0.2, -0.15) is 0 Å². The van der Waals surface area contributed by atoms with Crippen molar-refractivity contribution in [2.24, 2.45) is 0 Å². The van der Waals surface area contributed by atoms with Crippen molar-refractivity contribution in [3.05, 3.63) is 77.0 Å². The van der Waals surface area contributed by atoms with Gasteiger partial charge in [0.2, 0.25) is 5.71 Å². The highest BCUT2D eigenvalue weighted by Gasteiger charge is 2.07. The monoisotopic (exact) mass is 267 g/mol. The minimum atomic E-state index is 0.608. The second-order valence-corrected chi connectivity index (χ2v) is 4.36. The molecule has 0 saturated heterocycles. The Morgan fingerprint density at radius 2 is 1.70 bits per heavy atom. The molecule has 2 rings (SSSR count). The summed E-state index contributed by atoms with van der Waals surface area (Å²) in [6.07, 6.45) is 3.75. The Morgan fingerprint density at radius 3 is 2.25 bits per heavy atom. The molecular formula is C17H17NO2. The molecule has 0 heterocycles. The van der Waals surface area contributed by atoms with Crippen LogP contribution in [-0.2, 0) is 0 Å². The maximum Gasteiger partial charge on any atom is 0.218 e. The molecule has 0 aliphatic rings. The van der Waals surface area contributed by atoms with Crippen LogP contribution in [0.2, 0.25) is 0 Å². The number of nitrogens with zero attached hydrogens (tertiary/aromatic N) is 1. The van der Waals surface area contributed by atoms with Crippen LogP contribution in [0.25, 0.3) is 6.08 Å². The molecule has 0 atom stereocenters. The van der Waals surface area contributed by atoms with Gasteiger partial charge in [0.25, 0.3) is 0 Å². The van der Waals surface area contributed by atoms with Crippen molar-refractivity contribution in [1.29, 1.82) is 0 Å². The fourth-order valence-electron chi connectivity index (χ4n) is 1.88. The lowest BCUT2D eigenvalue weighted by molar-refractivity contribution is -0.421. The van der Waals surface area contributed by atoms with Crippen molar-refractivity contribution in [1.82, 2.24) is 0 Å². The minimum Gasteiger partial charge on any atom is -0.624 e. The summed E-state index contributed by atoms with van der Waals surface area (Å²) < 4.78 is 5.98. The lowest BCUT2D eigenvalue weighted by Gasteiger charge is -2.05. The fourth-order valence-corrected chi connectivity index (χ4v) is 1.88. The fraction of sp³-hybridized carbons (Fsp3) is 0.118. The second kappa shape index (κ2) is 6.57. The van der Waals surface area contributed by atoms with Gasteiger partial charge < -0.3 is 9.94 Å². The largest absolute Gasteiger partial charge is 0.624 e. The average molecular weight is 267 g/mol. The van der Waals surface area contributed by atoms with E-state index in [9.17, 15) is 5.21 Å². The van der Waals surface area contributed by atoms with Crippen LogP contribution in [0.3, 0.4) is 0 Å². The Bertz CT molecular complexity index is 609. The molecule has 0 bridgehead atoms. The molecule has 3 heteroatoms. The van der Waals surface area contributed by atoms with Crippen LogP contribution in [0.5, 0.6) is 5.75 Å². The molecule has 20 heavy (non-hydrogen) atoms. The highest BCUT2D eigenvalue weighted by molar-refractivity contribution is 6.07. The van der Waals surface area contributed by atoms with Gasteiger partial charge in [0, 0.05) is 11.6 Å². The van der Waals surface area contributed by atoms with Gasteiger partial charge in [0.05, 0.1) is 7.11 Å². The van der Waals surface area contributed by atoms with Crippen LogP contribution in [0.15, 0.2) is 60.7 Å². The van der Waals surface area contributed by atoms with Crippen LogP contribution in [0, 0.1) is 5.21 Å². The molecule has 0 spiro atoms. The molecule has 0 aliphatic heterocycles. The van der Waals surface area contributed by atoms with E-state index in [1.54, 1.807) is 7.11 Å². The standard InChI is InChI=1S/C17H17NO2/c1-18(19)17(13-8-14-6-4-3-5-7-14)15-9-11-16(20-2)12-10-15/h3-13H,1-2H3/b13-8+,18-17+. The van der Waals surface area contributed by atoms with Crippen molar-refractivity contribution in [2.75, 3.05) is 14.2 Å². The quantitative estimate of drug-likeness (QED) is 0.368. The minimum absolute atomic E-state index is 0.608. The first-order chi connectivity index (χ1) is 9.70. The van der Waals surface area contributed by atoms with E-state index in [-0.39, 0.29) is 0 Å². The van der Waals surface area contributed by atoms with Crippen LogP contribution < -0.4 is 4.74 Å². The Kier molecular flexibility index (Phi) is 4.56. The van der Waals surface area contributed by atoms with Gasteiger partial charge in [0.15, 0.2) is 0 Å². The Labute approximate surface area is 119 Å². The van der Waals surface area contributed by atoms with Gasteiger partial charge >= 0.3 is 0 Å². The van der Waals surface area contributed by atoms with Crippen LogP contribution in [-0.4, -0.2) is 24.6 Å². The number of hydrogen-bond acceptors (Lipinski definition) is 2. The molecule has 2 aromatic rings. The second-order valence-electron chi connectivity index (χ2n) is 4.36. The zero-order chi connectivity index (χ0) is 14.4. The first kappa shape index (κ1) is 13.9. The number of benzene rings is 2. The molecule has 0 N–H and O–H groups in total. The van der Waals surface area contributed by atoms with Gasteiger partial charge in [-0.05, 0) is 35.9 Å². The van der Waals surface area contributed by atoms with Crippen molar-refractivity contribution in [3.63, 3.8) is 0 Å². The number of allylic oxidation sites excluding steroid dienone is 1. The molecule has 2 aromatic carbocycles. The van der Waals surface area contributed by atoms with E-state index in [1.165, 1.54) is 7.05 Å². The van der Waals surface area contributed by atoms with Gasteiger partial charge in [-0.15, -0.1) is 0 Å². The molecule has 0 unspecified atom stereocenters. The molecule has 0 radical (unpaired) electrons. The van der Waals surface area contributed by atoms with Crippen LogP contribution >= 0.6 is 0 Å². The predicted molar refractivity (Wildman–Crippen MR) is 82.1 cm³/mol. The highest BCUT2D eigenvalue weighted by atomic mass is 16.5. The summed E-state index contributed by atoms with van der Waals surface area (Å²) in [5.41, 5.74) is 2.52. The summed E-state index contributed by atoms with van der Waals surface area (Å²) in [5, 5.41) is 11.7. The summed E-state index contributed by atoms with van der Waals surface area (Å²) in [6.45, 7) is 0. The molecule has 102 valence electrons. The maximum atomic E-state index is 11.7. The summed E-state index contributed by atoms with van der Waals surface area (Å²) in [6, 6.07) is 17.3. The molecule has 0 aliphatic carbocycles. The van der Waals surface area contributed by atoms with E-state index in [4.69, 9.17) is 4.74 Å². The highest BCUT2D eigenvalue weighted by Crippen LogP contribution is 2.13. The Balaban J connectivity index is 2.28. The van der Waals surface area contributed by atoms with E-state index in [2.05, 4.69) is 0 Å². The molecule has 0 amide bonds. The van der Waals surface area contributed by atoms with E-state index in [0.717, 1.165) is 21.6 Å². The molecule has 0 saturated carbocycles. The van der Waals surface area contributed by atoms with Crippen molar-refractivity contribution in [2.45, 2.75) is 0 Å². The van der Waals surface area contributed by atoms with Crippen molar-refractivity contribution in [3.8, 4) is 5.75 Å². The first-order valence-corrected chi connectivity index (χ1v) is 6.36. The van der Waals surface area contributed by atoms with E-state index >= 15 is 0 Å².